The SMILES string of the molecule is Nc1ccc(-c2nc(-c3ccoc3)no2)c(O)c1. The molecular weight excluding hydrogens is 234 g/mol. The first-order valence-electron chi connectivity index (χ1n) is 5.19. The quantitative estimate of drug-likeness (QED) is 0.670. The average Bonchev–Trinajstić information content (AvgIpc) is 2.99. The van der Waals surface area contributed by atoms with Gasteiger partial charge in [0.2, 0.25) is 5.82 Å². The predicted molar refractivity (Wildman–Crippen MR) is 63.5 cm³/mol. The lowest BCUT2D eigenvalue weighted by molar-refractivity contribution is 0.425. The minimum atomic E-state index is -0.00241. The van der Waals surface area contributed by atoms with Gasteiger partial charge in [-0.15, -0.1) is 0 Å². The Hall–Kier alpha value is -2.76. The Morgan fingerprint density at radius 3 is 2.83 bits per heavy atom. The molecule has 0 amide bonds. The number of anilines is 1. The molecule has 6 heteroatoms. The molecule has 0 aliphatic rings. The van der Waals surface area contributed by atoms with Gasteiger partial charge in [0.05, 0.1) is 17.4 Å². The van der Waals surface area contributed by atoms with E-state index in [-0.39, 0.29) is 11.6 Å². The number of nitrogens with two attached hydrogens (primary N) is 1. The van der Waals surface area contributed by atoms with E-state index in [2.05, 4.69) is 10.1 Å². The van der Waals surface area contributed by atoms with E-state index in [1.54, 1.807) is 18.2 Å². The molecule has 0 saturated heterocycles. The number of hydrogen-bond donors (Lipinski definition) is 2. The van der Waals surface area contributed by atoms with E-state index in [4.69, 9.17) is 14.7 Å². The van der Waals surface area contributed by atoms with Crippen molar-refractivity contribution in [2.75, 3.05) is 5.73 Å². The smallest absolute Gasteiger partial charge is 0.262 e. The van der Waals surface area contributed by atoms with Crippen molar-refractivity contribution in [1.29, 1.82) is 0 Å². The maximum Gasteiger partial charge on any atom is 0.262 e. The lowest BCUT2D eigenvalue weighted by Crippen LogP contribution is -1.85. The number of nitrogens with zero attached hydrogens (tertiary/aromatic N) is 2. The number of hydrogen-bond acceptors (Lipinski definition) is 6. The summed E-state index contributed by atoms with van der Waals surface area (Å²) >= 11 is 0. The third-order valence-corrected chi connectivity index (χ3v) is 2.46. The van der Waals surface area contributed by atoms with E-state index in [1.807, 2.05) is 0 Å². The van der Waals surface area contributed by atoms with Crippen molar-refractivity contribution in [2.45, 2.75) is 0 Å². The van der Waals surface area contributed by atoms with Crippen LogP contribution >= 0.6 is 0 Å². The first-order chi connectivity index (χ1) is 8.74. The molecule has 18 heavy (non-hydrogen) atoms. The third-order valence-electron chi connectivity index (χ3n) is 2.46. The Morgan fingerprint density at radius 2 is 2.11 bits per heavy atom. The average molecular weight is 243 g/mol. The molecule has 90 valence electrons. The second kappa shape index (κ2) is 3.92. The fourth-order valence-electron chi connectivity index (χ4n) is 1.57. The molecule has 2 heterocycles. The van der Waals surface area contributed by atoms with Gasteiger partial charge in [-0.3, -0.25) is 0 Å². The molecule has 0 atom stereocenters. The van der Waals surface area contributed by atoms with Gasteiger partial charge >= 0.3 is 0 Å². The van der Waals surface area contributed by atoms with E-state index in [1.165, 1.54) is 18.6 Å². The van der Waals surface area contributed by atoms with Crippen molar-refractivity contribution in [1.82, 2.24) is 10.1 Å². The molecule has 2 aromatic heterocycles. The summed E-state index contributed by atoms with van der Waals surface area (Å²) in [5.74, 6) is 0.621. The monoisotopic (exact) mass is 243 g/mol. The molecule has 0 unspecified atom stereocenters. The fraction of sp³-hybridized carbons (Fsp3) is 0. The van der Waals surface area contributed by atoms with Crippen molar-refractivity contribution < 1.29 is 14.0 Å². The van der Waals surface area contributed by atoms with Crippen LogP contribution in [0.2, 0.25) is 0 Å². The van der Waals surface area contributed by atoms with Crippen LogP contribution in [0.5, 0.6) is 5.75 Å². The zero-order chi connectivity index (χ0) is 12.5. The van der Waals surface area contributed by atoms with Gasteiger partial charge in [0.15, 0.2) is 0 Å². The fourth-order valence-corrected chi connectivity index (χ4v) is 1.57. The summed E-state index contributed by atoms with van der Waals surface area (Å²) < 4.78 is 10.0. The molecule has 6 nitrogen and oxygen atoms in total. The number of nitrogen functional groups attached to an aromatic ring is 1. The van der Waals surface area contributed by atoms with Crippen LogP contribution in [0.15, 0.2) is 45.7 Å². The predicted octanol–water partition coefficient (Wildman–Crippen LogP) is 2.28. The molecule has 3 aromatic rings. The second-order valence-corrected chi connectivity index (χ2v) is 3.71. The van der Waals surface area contributed by atoms with Gasteiger partial charge in [0.25, 0.3) is 5.89 Å². The number of aromatic nitrogens is 2. The van der Waals surface area contributed by atoms with E-state index in [9.17, 15) is 5.11 Å². The van der Waals surface area contributed by atoms with Crippen LogP contribution in [0.3, 0.4) is 0 Å². The standard InChI is InChI=1S/C12H9N3O3/c13-8-1-2-9(10(16)5-8)12-14-11(15-18-12)7-3-4-17-6-7/h1-6,16H,13H2. The molecule has 3 rings (SSSR count). The zero-order valence-electron chi connectivity index (χ0n) is 9.20. The van der Waals surface area contributed by atoms with Gasteiger partial charge in [0, 0.05) is 11.8 Å². The van der Waals surface area contributed by atoms with Gasteiger partial charge in [-0.2, -0.15) is 4.98 Å². The Bertz CT molecular complexity index is 674. The Kier molecular flexibility index (Phi) is 2.26. The normalized spacial score (nSPS) is 10.7. The summed E-state index contributed by atoms with van der Waals surface area (Å²) in [7, 11) is 0. The van der Waals surface area contributed by atoms with Crippen molar-refractivity contribution >= 4 is 5.69 Å². The maximum absolute atomic E-state index is 9.76. The first kappa shape index (κ1) is 10.4. The van der Waals surface area contributed by atoms with E-state index in [0.717, 1.165) is 0 Å². The Morgan fingerprint density at radius 1 is 1.22 bits per heavy atom. The number of rotatable bonds is 2. The van der Waals surface area contributed by atoms with Crippen LogP contribution in [-0.4, -0.2) is 15.2 Å². The van der Waals surface area contributed by atoms with E-state index >= 15 is 0 Å². The van der Waals surface area contributed by atoms with Gasteiger partial charge in [0.1, 0.15) is 12.0 Å². The highest BCUT2D eigenvalue weighted by Crippen LogP contribution is 2.30. The molecule has 1 aromatic carbocycles. The summed E-state index contributed by atoms with van der Waals surface area (Å²) in [4.78, 5) is 4.17. The zero-order valence-corrected chi connectivity index (χ0v) is 9.20. The number of furan rings is 1. The summed E-state index contributed by atoms with van der Waals surface area (Å²) in [6.07, 6.45) is 3.03. The highest BCUT2D eigenvalue weighted by molar-refractivity contribution is 5.67. The topological polar surface area (TPSA) is 98.3 Å². The third kappa shape index (κ3) is 1.69. The lowest BCUT2D eigenvalue weighted by Gasteiger charge is -1.99. The van der Waals surface area contributed by atoms with E-state index in [0.29, 0.717) is 22.6 Å². The highest BCUT2D eigenvalue weighted by atomic mass is 16.5. The van der Waals surface area contributed by atoms with Crippen molar-refractivity contribution in [2.24, 2.45) is 0 Å². The van der Waals surface area contributed by atoms with Crippen molar-refractivity contribution in [3.05, 3.63) is 36.8 Å². The Balaban J connectivity index is 2.03. The van der Waals surface area contributed by atoms with Crippen LogP contribution in [0, 0.1) is 0 Å². The van der Waals surface area contributed by atoms with Gasteiger partial charge in [-0.25, -0.2) is 0 Å². The molecule has 0 radical (unpaired) electrons. The first-order valence-corrected chi connectivity index (χ1v) is 5.19. The largest absolute Gasteiger partial charge is 0.507 e. The van der Waals surface area contributed by atoms with Crippen LogP contribution in [0.1, 0.15) is 0 Å². The second-order valence-electron chi connectivity index (χ2n) is 3.71. The number of phenolic OH excluding ortho intramolecular Hbond substituents is 1. The minimum absolute atomic E-state index is 0.00241. The summed E-state index contributed by atoms with van der Waals surface area (Å²) in [6, 6.07) is 6.42. The van der Waals surface area contributed by atoms with Gasteiger partial charge in [-0.05, 0) is 18.2 Å². The van der Waals surface area contributed by atoms with Crippen LogP contribution in [0.25, 0.3) is 22.8 Å². The van der Waals surface area contributed by atoms with Crippen molar-refractivity contribution in [3.8, 4) is 28.6 Å². The summed E-state index contributed by atoms with van der Waals surface area (Å²) in [5.41, 5.74) is 7.16. The van der Waals surface area contributed by atoms with Crippen LogP contribution in [-0.2, 0) is 0 Å². The maximum atomic E-state index is 9.76. The molecular formula is C12H9N3O3. The number of phenols is 1. The Labute approximate surface area is 102 Å². The van der Waals surface area contributed by atoms with Gasteiger partial charge < -0.3 is 19.8 Å². The lowest BCUT2D eigenvalue weighted by atomic mass is 10.2. The summed E-state index contributed by atoms with van der Waals surface area (Å²) in [5, 5.41) is 13.6. The molecule has 0 saturated carbocycles. The molecule has 3 N–H and O–H groups in total. The molecule has 0 fully saturated rings. The van der Waals surface area contributed by atoms with Crippen LogP contribution in [0.4, 0.5) is 5.69 Å². The molecule has 0 bridgehead atoms. The van der Waals surface area contributed by atoms with Crippen molar-refractivity contribution in [3.63, 3.8) is 0 Å². The molecule has 0 spiro atoms. The molecule has 0 aliphatic carbocycles. The van der Waals surface area contributed by atoms with E-state index < -0.39 is 0 Å². The number of aromatic hydroxyl groups is 1. The minimum Gasteiger partial charge on any atom is -0.507 e. The number of benzene rings is 1. The van der Waals surface area contributed by atoms with Crippen LogP contribution < -0.4 is 5.73 Å². The van der Waals surface area contributed by atoms with Gasteiger partial charge in [-0.1, -0.05) is 5.16 Å². The summed E-state index contributed by atoms with van der Waals surface area (Å²) in [6.45, 7) is 0. The molecule has 0 aliphatic heterocycles. The highest BCUT2D eigenvalue weighted by Gasteiger charge is 2.14.